The Labute approximate surface area is 321 Å². The highest BCUT2D eigenvalue weighted by Crippen LogP contribution is 2.37. The van der Waals surface area contributed by atoms with E-state index in [0.717, 1.165) is 35.9 Å². The summed E-state index contributed by atoms with van der Waals surface area (Å²) in [5.74, 6) is 0.377. The SMILES string of the molecule is Cc1cc(C)c2cccc(OCc3c(Cl)ccc(S(=O)(=O)NC4(C(=O)N5CCN(C[C@@H](CCCCN=C(N)N)N=C(N)N)CC5)CCCC4)c3Cl)c2n1. The number of nitrogens with one attached hydrogen (secondary N) is 1. The van der Waals surface area contributed by atoms with Gasteiger partial charge in [-0.3, -0.25) is 14.7 Å². The molecule has 9 N–H and O–H groups in total. The van der Waals surface area contributed by atoms with Crippen LogP contribution in [0.1, 0.15) is 61.8 Å². The summed E-state index contributed by atoms with van der Waals surface area (Å²) < 4.78 is 37.1. The number of carbonyl (C=O) groups is 1. The summed E-state index contributed by atoms with van der Waals surface area (Å²) >= 11 is 13.4. The predicted molar refractivity (Wildman–Crippen MR) is 211 cm³/mol. The molecule has 0 unspecified atom stereocenters. The summed E-state index contributed by atoms with van der Waals surface area (Å²) in [6.45, 7) is 7.05. The molecule has 1 aliphatic carbocycles. The van der Waals surface area contributed by atoms with E-state index in [1.165, 1.54) is 12.1 Å². The van der Waals surface area contributed by atoms with E-state index in [1.807, 2.05) is 32.0 Å². The van der Waals surface area contributed by atoms with Crippen LogP contribution in [-0.2, 0) is 21.4 Å². The highest BCUT2D eigenvalue weighted by molar-refractivity contribution is 7.89. The van der Waals surface area contributed by atoms with E-state index >= 15 is 0 Å². The molecule has 1 aromatic heterocycles. The van der Waals surface area contributed by atoms with Crippen LogP contribution in [0.3, 0.4) is 0 Å². The van der Waals surface area contributed by atoms with Crippen LogP contribution in [0.15, 0.2) is 51.3 Å². The molecule has 1 saturated heterocycles. The van der Waals surface area contributed by atoms with Crippen molar-refractivity contribution in [1.29, 1.82) is 0 Å². The summed E-state index contributed by atoms with van der Waals surface area (Å²) in [5.41, 5.74) is 23.9. The first kappa shape index (κ1) is 40.3. The Morgan fingerprint density at radius 3 is 2.42 bits per heavy atom. The van der Waals surface area contributed by atoms with Gasteiger partial charge in [0, 0.05) is 60.9 Å². The zero-order chi connectivity index (χ0) is 38.3. The van der Waals surface area contributed by atoms with Crippen molar-refractivity contribution in [1.82, 2.24) is 19.5 Å². The number of rotatable bonds is 15. The number of aryl methyl sites for hydroxylation is 2. The summed E-state index contributed by atoms with van der Waals surface area (Å²) in [6.07, 6.45) is 4.58. The molecule has 5 rings (SSSR count). The number of aromatic nitrogens is 1. The number of benzene rings is 2. The molecule has 0 radical (unpaired) electrons. The van der Waals surface area contributed by atoms with Gasteiger partial charge in [0.25, 0.3) is 0 Å². The molecule has 17 heteroatoms. The van der Waals surface area contributed by atoms with Crippen LogP contribution in [0.4, 0.5) is 0 Å². The van der Waals surface area contributed by atoms with Gasteiger partial charge in [0.2, 0.25) is 15.9 Å². The van der Waals surface area contributed by atoms with Crippen LogP contribution in [0.5, 0.6) is 5.75 Å². The molecule has 1 atom stereocenters. The number of unbranched alkanes of at least 4 members (excludes halogenated alkanes) is 1. The number of hydrogen-bond donors (Lipinski definition) is 5. The van der Waals surface area contributed by atoms with E-state index in [1.54, 1.807) is 11.0 Å². The maximum Gasteiger partial charge on any atom is 0.243 e. The quantitative estimate of drug-likeness (QED) is 0.0856. The molecule has 1 amide bonds. The monoisotopic (exact) mass is 788 g/mol. The lowest BCUT2D eigenvalue weighted by molar-refractivity contribution is -0.139. The second kappa shape index (κ2) is 17.5. The van der Waals surface area contributed by atoms with Gasteiger partial charge < -0.3 is 32.6 Å². The standard InChI is InChI=1S/C36H50Cl2N10O4S/c1-23-20-24(2)44-32-26(23)9-7-10-29(32)52-22-27-28(37)11-12-30(31(27)38)53(50,51)46-36(13-4-5-14-36)33(49)48-18-16-47(17-19-48)21-25(45-35(41)42)8-3-6-15-43-34(39)40/h7,9-12,20,25,46H,3-6,8,13-19,21-22H2,1-2H3,(H4,39,40,43)(H4,41,42,45)/t25-/m1/s1. The molecule has 1 saturated carbocycles. The fourth-order valence-electron chi connectivity index (χ4n) is 7.23. The van der Waals surface area contributed by atoms with E-state index in [-0.39, 0.29) is 45.4 Å². The summed E-state index contributed by atoms with van der Waals surface area (Å²) in [5, 5.41) is 1.14. The minimum Gasteiger partial charge on any atom is -0.487 e. The lowest BCUT2D eigenvalue weighted by Crippen LogP contribution is -2.61. The van der Waals surface area contributed by atoms with Gasteiger partial charge in [0.1, 0.15) is 28.3 Å². The van der Waals surface area contributed by atoms with Gasteiger partial charge in [-0.2, -0.15) is 4.72 Å². The van der Waals surface area contributed by atoms with Gasteiger partial charge in [-0.05, 0) is 75.8 Å². The summed E-state index contributed by atoms with van der Waals surface area (Å²) in [6, 6.07) is 10.4. The molecule has 2 aromatic carbocycles. The number of carbonyl (C=O) groups excluding carboxylic acids is 1. The molecule has 2 aliphatic rings. The van der Waals surface area contributed by atoms with Gasteiger partial charge in [-0.15, -0.1) is 0 Å². The Morgan fingerprint density at radius 1 is 1.02 bits per heavy atom. The van der Waals surface area contributed by atoms with Gasteiger partial charge in [0.05, 0.1) is 11.1 Å². The number of sulfonamides is 1. The number of ether oxygens (including phenoxy) is 1. The van der Waals surface area contributed by atoms with E-state index in [9.17, 15) is 13.2 Å². The number of para-hydroxylation sites is 1. The first-order valence-corrected chi connectivity index (χ1v) is 20.1. The summed E-state index contributed by atoms with van der Waals surface area (Å²) in [4.78, 5) is 31.1. The van der Waals surface area contributed by atoms with Crippen molar-refractivity contribution < 1.29 is 17.9 Å². The molecule has 53 heavy (non-hydrogen) atoms. The maximum atomic E-state index is 14.2. The number of aliphatic imine (C=N–C) groups is 2. The Bertz CT molecular complexity index is 1950. The number of piperazine rings is 1. The van der Waals surface area contributed by atoms with E-state index in [4.69, 9.17) is 50.9 Å². The Kier molecular flexibility index (Phi) is 13.3. The molecule has 2 heterocycles. The zero-order valence-corrected chi connectivity index (χ0v) is 32.6. The average molecular weight is 790 g/mol. The second-order valence-electron chi connectivity index (χ2n) is 13.9. The highest BCUT2D eigenvalue weighted by Gasteiger charge is 2.47. The smallest absolute Gasteiger partial charge is 0.243 e. The first-order valence-electron chi connectivity index (χ1n) is 17.9. The summed E-state index contributed by atoms with van der Waals surface area (Å²) in [7, 11) is -4.27. The van der Waals surface area contributed by atoms with Gasteiger partial charge >= 0.3 is 0 Å². The van der Waals surface area contributed by atoms with E-state index < -0.39 is 15.6 Å². The Hall–Kier alpha value is -3.89. The number of nitrogens with two attached hydrogens (primary N) is 4. The van der Waals surface area contributed by atoms with Crippen LogP contribution < -0.4 is 32.4 Å². The molecule has 2 fully saturated rings. The largest absolute Gasteiger partial charge is 0.487 e. The van der Waals surface area contributed by atoms with Crippen LogP contribution in [0.2, 0.25) is 10.0 Å². The number of fused-ring (bicyclic) bond motifs is 1. The van der Waals surface area contributed by atoms with Gasteiger partial charge in [-0.1, -0.05) is 48.2 Å². The third-order valence-electron chi connectivity index (χ3n) is 9.85. The van der Waals surface area contributed by atoms with Crippen LogP contribution >= 0.6 is 23.2 Å². The second-order valence-corrected chi connectivity index (χ2v) is 16.3. The van der Waals surface area contributed by atoms with E-state index in [0.29, 0.717) is 81.8 Å². The fourth-order valence-corrected chi connectivity index (χ4v) is 9.54. The molecular formula is C36H50Cl2N10O4S. The topological polar surface area (TPSA) is 221 Å². The van der Waals surface area contributed by atoms with Crippen LogP contribution in [-0.4, -0.2) is 91.9 Å². The first-order chi connectivity index (χ1) is 25.2. The van der Waals surface area contributed by atoms with Gasteiger partial charge in [0.15, 0.2) is 11.9 Å². The number of guanidine groups is 2. The molecule has 288 valence electrons. The fraction of sp³-hybridized carbons (Fsp3) is 0.500. The van der Waals surface area contributed by atoms with Crippen LogP contribution in [0, 0.1) is 13.8 Å². The van der Waals surface area contributed by atoms with Crippen molar-refractivity contribution in [2.24, 2.45) is 32.9 Å². The number of nitrogens with zero attached hydrogens (tertiary/aromatic N) is 5. The van der Waals surface area contributed by atoms with Gasteiger partial charge in [-0.25, -0.2) is 18.4 Å². The van der Waals surface area contributed by atoms with Crippen molar-refractivity contribution in [3.63, 3.8) is 0 Å². The molecule has 0 bridgehead atoms. The van der Waals surface area contributed by atoms with Crippen molar-refractivity contribution in [3.05, 3.63) is 63.3 Å². The third kappa shape index (κ3) is 10.0. The molecule has 1 aliphatic heterocycles. The lowest BCUT2D eigenvalue weighted by atomic mass is 9.96. The minimum atomic E-state index is -4.27. The number of pyridine rings is 1. The number of amides is 1. The number of hydrogen-bond acceptors (Lipinski definition) is 8. The zero-order valence-electron chi connectivity index (χ0n) is 30.3. The maximum absolute atomic E-state index is 14.2. The van der Waals surface area contributed by atoms with Crippen LogP contribution in [0.25, 0.3) is 10.9 Å². The Morgan fingerprint density at radius 2 is 1.74 bits per heavy atom. The Balaban J connectivity index is 1.26. The molecule has 0 spiro atoms. The molecular weight excluding hydrogens is 739 g/mol. The minimum absolute atomic E-state index is 0.0243. The third-order valence-corrected chi connectivity index (χ3v) is 12.3. The van der Waals surface area contributed by atoms with E-state index in [2.05, 4.69) is 24.6 Å². The molecule has 3 aromatic rings. The van der Waals surface area contributed by atoms with Crippen molar-refractivity contribution in [3.8, 4) is 5.75 Å². The van der Waals surface area contributed by atoms with Crippen molar-refractivity contribution >= 4 is 62.0 Å². The highest BCUT2D eigenvalue weighted by atomic mass is 35.5. The normalized spacial score (nSPS) is 16.7. The van der Waals surface area contributed by atoms with Crippen molar-refractivity contribution in [2.75, 3.05) is 39.3 Å². The van der Waals surface area contributed by atoms with Crippen molar-refractivity contribution in [2.45, 2.75) is 81.9 Å². The average Bonchev–Trinajstić information content (AvgIpc) is 3.56. The lowest BCUT2D eigenvalue weighted by Gasteiger charge is -2.40. The molecule has 14 nitrogen and oxygen atoms in total. The number of halogens is 2. The predicted octanol–water partition coefficient (Wildman–Crippen LogP) is 3.56.